The Morgan fingerprint density at radius 1 is 1.12 bits per heavy atom. The number of hydrogen-bond acceptors (Lipinski definition) is 5. The lowest BCUT2D eigenvalue weighted by Gasteiger charge is -2.25. The molecule has 1 atom stereocenters. The van der Waals surface area contributed by atoms with Gasteiger partial charge in [-0.3, -0.25) is 14.6 Å². The summed E-state index contributed by atoms with van der Waals surface area (Å²) in [5, 5.41) is 2.89. The Morgan fingerprint density at radius 3 is 2.57 bits per heavy atom. The van der Waals surface area contributed by atoms with Crippen molar-refractivity contribution in [3.63, 3.8) is 0 Å². The lowest BCUT2D eigenvalue weighted by atomic mass is 9.97. The third kappa shape index (κ3) is 6.75. The van der Waals surface area contributed by atoms with Crippen molar-refractivity contribution in [2.24, 2.45) is 0 Å². The summed E-state index contributed by atoms with van der Waals surface area (Å²) in [5.41, 5.74) is 1.74. The van der Waals surface area contributed by atoms with Gasteiger partial charge in [-0.05, 0) is 56.9 Å². The number of alkyl halides is 2. The average Bonchev–Trinajstić information content (AvgIpc) is 3.43. The maximum atomic E-state index is 15.5. The van der Waals surface area contributed by atoms with Gasteiger partial charge in [-0.2, -0.15) is 0 Å². The van der Waals surface area contributed by atoms with Crippen LogP contribution >= 0.6 is 24.0 Å². The van der Waals surface area contributed by atoms with E-state index in [-0.39, 0.29) is 41.6 Å². The average molecular weight is 617 g/mol. The molecule has 1 N–H and O–H groups in total. The molecule has 42 heavy (non-hydrogen) atoms. The van der Waals surface area contributed by atoms with Gasteiger partial charge < -0.3 is 20.0 Å². The molecule has 11 heteroatoms. The summed E-state index contributed by atoms with van der Waals surface area (Å²) in [5.74, 6) is -4.49. The van der Waals surface area contributed by atoms with Crippen LogP contribution in [0.15, 0.2) is 72.9 Å². The van der Waals surface area contributed by atoms with Crippen LogP contribution in [0.25, 0.3) is 5.57 Å². The van der Waals surface area contributed by atoms with Gasteiger partial charge in [-0.15, -0.1) is 12.4 Å². The number of aromatic nitrogens is 1. The zero-order chi connectivity index (χ0) is 29.1. The number of carbonyl (C=O) groups excluding carboxylic acids is 2. The summed E-state index contributed by atoms with van der Waals surface area (Å²) in [6.07, 6.45) is 2.89. The van der Waals surface area contributed by atoms with Crippen molar-refractivity contribution in [3.8, 4) is 0 Å². The number of benzene rings is 2. The zero-order valence-corrected chi connectivity index (χ0v) is 25.0. The molecule has 3 aromatic rings. The maximum absolute atomic E-state index is 15.5. The molecule has 0 radical (unpaired) electrons. The van der Waals surface area contributed by atoms with Crippen molar-refractivity contribution in [2.45, 2.75) is 31.4 Å². The lowest BCUT2D eigenvalue weighted by Crippen LogP contribution is -2.33. The first-order valence-corrected chi connectivity index (χ1v) is 13.9. The first-order chi connectivity index (χ1) is 19.6. The molecule has 2 aliphatic heterocycles. The predicted molar refractivity (Wildman–Crippen MR) is 165 cm³/mol. The Hall–Kier alpha value is -3.53. The van der Waals surface area contributed by atoms with Gasteiger partial charge in [0.05, 0.1) is 28.5 Å². The van der Waals surface area contributed by atoms with Gasteiger partial charge in [0.1, 0.15) is 0 Å². The monoisotopic (exact) mass is 615 g/mol. The SMILES string of the molecule is CN(C)C1CCN(c2ccc(C(=O)N3CCC(F)(F)/C(=C\C(=O)NCc4ccccn4)c4ccccc43)c(Cl)c2)C1.Cl. The molecule has 0 aliphatic carbocycles. The molecule has 2 aliphatic rings. The molecule has 0 spiro atoms. The van der Waals surface area contributed by atoms with E-state index in [1.165, 1.54) is 11.0 Å². The third-order valence-corrected chi connectivity index (χ3v) is 7.97. The van der Waals surface area contributed by atoms with Crippen LogP contribution in [-0.2, 0) is 11.3 Å². The van der Waals surface area contributed by atoms with Crippen molar-refractivity contribution < 1.29 is 18.4 Å². The molecular weight excluding hydrogens is 583 g/mol. The van der Waals surface area contributed by atoms with Crippen molar-refractivity contribution in [3.05, 3.63) is 94.8 Å². The third-order valence-electron chi connectivity index (χ3n) is 7.66. The number of likely N-dealkylation sites (N-methyl/N-ethyl adjacent to an activating group) is 1. The number of nitrogens with zero attached hydrogens (tertiary/aromatic N) is 4. The molecule has 1 fully saturated rings. The Balaban J connectivity index is 0.00000405. The molecule has 0 bridgehead atoms. The molecule has 5 rings (SSSR count). The Morgan fingerprint density at radius 2 is 1.88 bits per heavy atom. The quantitative estimate of drug-likeness (QED) is 0.361. The van der Waals surface area contributed by atoms with Crippen molar-refractivity contribution in [1.82, 2.24) is 15.2 Å². The number of carbonyl (C=O) groups is 2. The second-order valence-corrected chi connectivity index (χ2v) is 10.9. The number of fused-ring (bicyclic) bond motifs is 1. The Labute approximate surface area is 255 Å². The minimum absolute atomic E-state index is 0. The second-order valence-electron chi connectivity index (χ2n) is 10.5. The van der Waals surface area contributed by atoms with Crippen LogP contribution in [0.4, 0.5) is 20.2 Å². The molecule has 1 unspecified atom stereocenters. The lowest BCUT2D eigenvalue weighted by molar-refractivity contribution is -0.116. The highest BCUT2D eigenvalue weighted by Gasteiger charge is 2.41. The number of halogens is 4. The van der Waals surface area contributed by atoms with E-state index in [0.717, 1.165) is 31.3 Å². The largest absolute Gasteiger partial charge is 0.370 e. The van der Waals surface area contributed by atoms with Gasteiger partial charge >= 0.3 is 0 Å². The first kappa shape index (κ1) is 31.4. The number of amides is 2. The van der Waals surface area contributed by atoms with Gasteiger partial charge in [0.2, 0.25) is 5.91 Å². The molecule has 2 amide bonds. The normalized spacial score (nSPS) is 18.8. The Bertz CT molecular complexity index is 1470. The minimum Gasteiger partial charge on any atom is -0.370 e. The summed E-state index contributed by atoms with van der Waals surface area (Å²) in [6, 6.07) is 17.4. The van der Waals surface area contributed by atoms with Gasteiger partial charge in [-0.1, -0.05) is 35.9 Å². The van der Waals surface area contributed by atoms with E-state index in [2.05, 4.69) is 34.2 Å². The number of nitrogens with one attached hydrogen (secondary N) is 1. The van der Waals surface area contributed by atoms with Crippen molar-refractivity contribution in [1.29, 1.82) is 0 Å². The molecule has 222 valence electrons. The first-order valence-electron chi connectivity index (χ1n) is 13.5. The number of rotatable bonds is 6. The molecule has 1 aromatic heterocycles. The number of para-hydroxylation sites is 1. The summed E-state index contributed by atoms with van der Waals surface area (Å²) in [6.45, 7) is 1.59. The van der Waals surface area contributed by atoms with Crippen LogP contribution in [0.1, 0.15) is 34.5 Å². The van der Waals surface area contributed by atoms with Crippen LogP contribution in [0.3, 0.4) is 0 Å². The van der Waals surface area contributed by atoms with E-state index in [1.54, 1.807) is 54.7 Å². The van der Waals surface area contributed by atoms with Gasteiger partial charge in [-0.25, -0.2) is 8.78 Å². The molecule has 0 saturated carbocycles. The van der Waals surface area contributed by atoms with Gasteiger partial charge in [0.15, 0.2) is 0 Å². The zero-order valence-electron chi connectivity index (χ0n) is 23.4. The number of anilines is 2. The highest BCUT2D eigenvalue weighted by Crippen LogP contribution is 2.43. The molecule has 2 aromatic carbocycles. The van der Waals surface area contributed by atoms with E-state index in [0.29, 0.717) is 17.4 Å². The van der Waals surface area contributed by atoms with E-state index in [1.807, 2.05) is 6.07 Å². The minimum atomic E-state index is -3.35. The number of pyridine rings is 1. The molecular formula is C31H33Cl2F2N5O2. The predicted octanol–water partition coefficient (Wildman–Crippen LogP) is 5.68. The van der Waals surface area contributed by atoms with Crippen molar-refractivity contribution >= 4 is 52.8 Å². The number of hydrogen-bond donors (Lipinski definition) is 1. The Kier molecular flexibility index (Phi) is 9.86. The standard InChI is InChI=1S/C31H32ClF2N5O2.ClH/c1-37(2)23-12-15-38(20-23)22-10-11-25(27(32)17-22)30(41)39-16-13-31(33,34)26(24-8-3-4-9-28(24)39)18-29(40)36-19-21-7-5-6-14-35-21;/h3-11,14,17-18,23H,12-13,15-16,19-20H2,1-2H3,(H,36,40);1H/b26-18-;. The van der Waals surface area contributed by atoms with Crippen LogP contribution < -0.4 is 15.1 Å². The molecule has 7 nitrogen and oxygen atoms in total. The van der Waals surface area contributed by atoms with E-state index < -0.39 is 29.7 Å². The summed E-state index contributed by atoms with van der Waals surface area (Å²) in [4.78, 5) is 36.4. The molecule has 1 saturated heterocycles. The topological polar surface area (TPSA) is 68.8 Å². The highest BCUT2D eigenvalue weighted by molar-refractivity contribution is 6.35. The smallest absolute Gasteiger partial charge is 0.275 e. The van der Waals surface area contributed by atoms with Gasteiger partial charge in [0, 0.05) is 61.2 Å². The fourth-order valence-corrected chi connectivity index (χ4v) is 5.57. The summed E-state index contributed by atoms with van der Waals surface area (Å²) < 4.78 is 31.1. The van der Waals surface area contributed by atoms with Crippen molar-refractivity contribution in [2.75, 3.05) is 43.5 Å². The fraction of sp³-hybridized carbons (Fsp3) is 0.323. The van der Waals surface area contributed by atoms with E-state index in [4.69, 9.17) is 11.6 Å². The van der Waals surface area contributed by atoms with Crippen LogP contribution in [0.5, 0.6) is 0 Å². The van der Waals surface area contributed by atoms with Crippen LogP contribution in [0, 0.1) is 0 Å². The van der Waals surface area contributed by atoms with Crippen LogP contribution in [-0.4, -0.2) is 67.4 Å². The summed E-state index contributed by atoms with van der Waals surface area (Å²) >= 11 is 6.63. The highest BCUT2D eigenvalue weighted by atomic mass is 35.5. The fourth-order valence-electron chi connectivity index (χ4n) is 5.32. The van der Waals surface area contributed by atoms with Crippen LogP contribution in [0.2, 0.25) is 5.02 Å². The summed E-state index contributed by atoms with van der Waals surface area (Å²) in [7, 11) is 4.11. The van der Waals surface area contributed by atoms with Gasteiger partial charge in [0.25, 0.3) is 11.8 Å². The molecule has 3 heterocycles. The van der Waals surface area contributed by atoms with E-state index in [9.17, 15) is 9.59 Å². The second kappa shape index (κ2) is 13.2. The number of allylic oxidation sites excluding steroid dienone is 1. The van der Waals surface area contributed by atoms with E-state index >= 15 is 8.78 Å². The maximum Gasteiger partial charge on any atom is 0.275 e.